The molecule has 3 aliphatic carbocycles. The topological polar surface area (TPSA) is 53.0 Å². The van der Waals surface area contributed by atoms with E-state index in [1.807, 2.05) is 16.4 Å². The number of hydrogen-bond donors (Lipinski definition) is 0. The van der Waals surface area contributed by atoms with Crippen molar-refractivity contribution in [2.75, 3.05) is 20.6 Å². The van der Waals surface area contributed by atoms with Gasteiger partial charge in [0.15, 0.2) is 0 Å². The van der Waals surface area contributed by atoms with Crippen molar-refractivity contribution >= 4 is 15.8 Å². The van der Waals surface area contributed by atoms with Gasteiger partial charge in [-0.15, -0.1) is 0 Å². The molecule has 0 radical (unpaired) electrons. The lowest BCUT2D eigenvalue weighted by atomic mass is 9.82. The summed E-state index contributed by atoms with van der Waals surface area (Å²) in [5, 5.41) is 0. The molecule has 1 saturated heterocycles. The number of alkyl halides is 2. The highest BCUT2D eigenvalue weighted by molar-refractivity contribution is 7.91. The highest BCUT2D eigenvalue weighted by Gasteiger charge is 2.70. The van der Waals surface area contributed by atoms with Gasteiger partial charge in [0.05, 0.1) is 4.90 Å². The minimum absolute atomic E-state index is 0.000721. The van der Waals surface area contributed by atoms with Crippen LogP contribution >= 0.6 is 0 Å². The highest BCUT2D eigenvalue weighted by Crippen LogP contribution is 2.67. The molecular weight excluding hydrogens is 480 g/mol. The first-order chi connectivity index (χ1) is 17.1. The molecule has 36 heavy (non-hydrogen) atoms. The van der Waals surface area contributed by atoms with Gasteiger partial charge in [-0.3, -0.25) is 4.79 Å². The van der Waals surface area contributed by atoms with Gasteiger partial charge in [0, 0.05) is 38.5 Å². The van der Waals surface area contributed by atoms with Gasteiger partial charge in [-0.2, -0.15) is 0 Å². The Kier molecular flexibility index (Phi) is 6.99. The maximum absolute atomic E-state index is 14.7. The van der Waals surface area contributed by atoms with Crippen LogP contribution in [0.4, 0.5) is 8.78 Å². The molecule has 0 aromatic heterocycles. The summed E-state index contributed by atoms with van der Waals surface area (Å²) in [4.78, 5) is 16.3. The quantitative estimate of drug-likeness (QED) is 0.456. The Hall–Kier alpha value is -1.54. The van der Waals surface area contributed by atoms with E-state index in [9.17, 15) is 17.8 Å². The molecule has 4 aliphatic rings. The van der Waals surface area contributed by atoms with E-state index in [4.69, 9.17) is 0 Å². The van der Waals surface area contributed by atoms with E-state index in [1.54, 1.807) is 19.0 Å². The predicted molar refractivity (Wildman–Crippen MR) is 139 cm³/mol. The molecule has 1 heterocycles. The lowest BCUT2D eigenvalue weighted by Crippen LogP contribution is -2.50. The second-order valence-corrected chi connectivity index (χ2v) is 14.0. The van der Waals surface area contributed by atoms with Gasteiger partial charge >= 0.3 is 0 Å². The van der Waals surface area contributed by atoms with Crippen molar-refractivity contribution in [1.82, 2.24) is 9.21 Å². The van der Waals surface area contributed by atoms with Crippen LogP contribution in [0.25, 0.3) is 0 Å². The molecule has 1 aliphatic heterocycles. The Labute approximate surface area is 215 Å². The Bertz CT molecular complexity index is 1120. The summed E-state index contributed by atoms with van der Waals surface area (Å²) in [6.07, 6.45) is 9.45. The Morgan fingerprint density at radius 3 is 2.36 bits per heavy atom. The van der Waals surface area contributed by atoms with E-state index >= 15 is 0 Å². The van der Waals surface area contributed by atoms with E-state index in [2.05, 4.69) is 17.4 Å². The zero-order chi connectivity index (χ0) is 25.7. The van der Waals surface area contributed by atoms with Crippen LogP contribution in [0.5, 0.6) is 0 Å². The van der Waals surface area contributed by atoms with Crippen LogP contribution < -0.4 is 0 Å². The highest BCUT2D eigenvalue weighted by atomic mass is 32.2. The molecule has 1 aromatic carbocycles. The standard InChI is InChI=1S/C28H41F2N3O2S/c1-20-11-12-25(23(18-20)21-8-5-4-6-9-21)36(35,31-2)33-17-7-10-24(33)26(34)32(3)22-13-15-27(16-14-22)19-28(27,29)30/h11-12,18,21-22,24H,4-10,13-17,19H2,1-3H3/t22?,24-,27?,36-/m0/s1. The fourth-order valence-corrected chi connectivity index (χ4v) is 9.49. The zero-order valence-electron chi connectivity index (χ0n) is 22.0. The Morgan fingerprint density at radius 1 is 1.08 bits per heavy atom. The monoisotopic (exact) mass is 521 g/mol. The molecule has 1 spiro atoms. The first-order valence-corrected chi connectivity index (χ1v) is 15.3. The van der Waals surface area contributed by atoms with E-state index in [1.165, 1.54) is 19.3 Å². The van der Waals surface area contributed by atoms with E-state index in [0.29, 0.717) is 44.6 Å². The first-order valence-electron chi connectivity index (χ1n) is 13.8. The molecule has 200 valence electrons. The summed E-state index contributed by atoms with van der Waals surface area (Å²) in [7, 11) is 0.469. The third-order valence-electron chi connectivity index (χ3n) is 9.57. The molecule has 5 nitrogen and oxygen atoms in total. The van der Waals surface area contributed by atoms with Crippen LogP contribution in [-0.2, 0) is 14.7 Å². The number of likely N-dealkylation sites (N-methyl/N-ethyl adjacent to an activating group) is 1. The van der Waals surface area contributed by atoms with Crippen molar-refractivity contribution < 1.29 is 17.8 Å². The largest absolute Gasteiger partial charge is 0.341 e. The lowest BCUT2D eigenvalue weighted by Gasteiger charge is -2.38. The van der Waals surface area contributed by atoms with Crippen LogP contribution in [0.2, 0.25) is 0 Å². The number of aryl methyl sites for hydroxylation is 1. The Balaban J connectivity index is 1.38. The minimum atomic E-state index is -2.95. The van der Waals surface area contributed by atoms with E-state index < -0.39 is 27.3 Å². The van der Waals surface area contributed by atoms with Crippen molar-refractivity contribution in [3.05, 3.63) is 29.3 Å². The zero-order valence-corrected chi connectivity index (χ0v) is 22.8. The van der Waals surface area contributed by atoms with Crippen molar-refractivity contribution in [2.45, 2.75) is 113 Å². The summed E-state index contributed by atoms with van der Waals surface area (Å²) in [5.41, 5.74) is 1.48. The van der Waals surface area contributed by atoms with Crippen LogP contribution in [0.15, 0.2) is 27.5 Å². The van der Waals surface area contributed by atoms with E-state index in [-0.39, 0.29) is 18.4 Å². The summed E-state index contributed by atoms with van der Waals surface area (Å²) in [6, 6.07) is 5.64. The number of amides is 1. The number of rotatable bonds is 5. The number of carbonyl (C=O) groups excluding carboxylic acids is 1. The fraction of sp³-hybridized carbons (Fsp3) is 0.750. The maximum atomic E-state index is 14.7. The molecule has 1 amide bonds. The smallest absolute Gasteiger partial charge is 0.254 e. The van der Waals surface area contributed by atoms with Crippen LogP contribution in [0, 0.1) is 12.3 Å². The minimum Gasteiger partial charge on any atom is -0.341 e. The van der Waals surface area contributed by atoms with Crippen molar-refractivity contribution in [3.63, 3.8) is 0 Å². The van der Waals surface area contributed by atoms with Gasteiger partial charge in [-0.05, 0) is 75.8 Å². The van der Waals surface area contributed by atoms with Gasteiger partial charge in [0.2, 0.25) is 5.91 Å². The second kappa shape index (κ2) is 9.64. The third kappa shape index (κ3) is 4.40. The van der Waals surface area contributed by atoms with Crippen LogP contribution in [0.1, 0.15) is 94.1 Å². The fourth-order valence-electron chi connectivity index (χ4n) is 7.14. The maximum Gasteiger partial charge on any atom is 0.254 e. The first kappa shape index (κ1) is 26.1. The number of benzene rings is 1. The van der Waals surface area contributed by atoms with Crippen molar-refractivity contribution in [2.24, 2.45) is 9.78 Å². The molecule has 0 unspecified atom stereocenters. The molecular formula is C28H41F2N3O2S. The Morgan fingerprint density at radius 2 is 1.75 bits per heavy atom. The molecule has 3 saturated carbocycles. The van der Waals surface area contributed by atoms with E-state index in [0.717, 1.165) is 35.3 Å². The molecule has 4 fully saturated rings. The van der Waals surface area contributed by atoms with Crippen molar-refractivity contribution in [3.8, 4) is 0 Å². The number of nitrogens with zero attached hydrogens (tertiary/aromatic N) is 3. The summed E-state index contributed by atoms with van der Waals surface area (Å²) in [6.45, 7) is 2.64. The molecule has 0 N–H and O–H groups in total. The number of carbonyl (C=O) groups is 1. The summed E-state index contributed by atoms with van der Waals surface area (Å²) in [5.74, 6) is -2.19. The molecule has 2 atom stereocenters. The number of halogens is 2. The average Bonchev–Trinajstić information content (AvgIpc) is 3.20. The molecule has 8 heteroatoms. The second-order valence-electron chi connectivity index (χ2n) is 11.7. The van der Waals surface area contributed by atoms with Crippen LogP contribution in [0.3, 0.4) is 0 Å². The summed E-state index contributed by atoms with van der Waals surface area (Å²) < 4.78 is 48.8. The van der Waals surface area contributed by atoms with Gasteiger partial charge in [-0.1, -0.05) is 37.0 Å². The SMILES string of the molecule is CN=[S@@](=O)(c1ccc(C)cc1C1CCCCC1)N1CCC[C@H]1C(=O)N(C)C1CCC2(CC1)CC2(F)F. The molecule has 5 rings (SSSR count). The van der Waals surface area contributed by atoms with Gasteiger partial charge in [0.25, 0.3) is 5.92 Å². The average molecular weight is 522 g/mol. The molecule has 1 aromatic rings. The van der Waals surface area contributed by atoms with Crippen molar-refractivity contribution in [1.29, 1.82) is 0 Å². The lowest BCUT2D eigenvalue weighted by molar-refractivity contribution is -0.136. The number of hydrogen-bond acceptors (Lipinski definition) is 3. The summed E-state index contributed by atoms with van der Waals surface area (Å²) >= 11 is 0. The van der Waals surface area contributed by atoms with Gasteiger partial charge < -0.3 is 4.90 Å². The third-order valence-corrected chi connectivity index (χ3v) is 12.1. The van der Waals surface area contributed by atoms with Gasteiger partial charge in [-0.25, -0.2) is 21.7 Å². The predicted octanol–water partition coefficient (Wildman–Crippen LogP) is 6.31. The van der Waals surface area contributed by atoms with Gasteiger partial charge in [0.1, 0.15) is 16.0 Å². The normalized spacial score (nSPS) is 32.2. The van der Waals surface area contributed by atoms with Crippen LogP contribution in [-0.4, -0.2) is 58.0 Å². The molecule has 0 bridgehead atoms.